The van der Waals surface area contributed by atoms with Crippen molar-refractivity contribution in [3.05, 3.63) is 36.0 Å². The van der Waals surface area contributed by atoms with Crippen molar-refractivity contribution in [3.63, 3.8) is 0 Å². The van der Waals surface area contributed by atoms with E-state index in [1.165, 1.54) is 0 Å². The van der Waals surface area contributed by atoms with Crippen LogP contribution in [0.4, 0.5) is 5.69 Å². The summed E-state index contributed by atoms with van der Waals surface area (Å²) in [5, 5.41) is 14.0. The Bertz CT molecular complexity index is 666. The first kappa shape index (κ1) is 13.8. The molecule has 2 heterocycles. The molecule has 0 radical (unpaired) electrons. The van der Waals surface area contributed by atoms with Crippen molar-refractivity contribution in [3.8, 4) is 6.07 Å². The second-order valence-corrected chi connectivity index (χ2v) is 5.53. The minimum atomic E-state index is 0.436. The Morgan fingerprint density at radius 2 is 2.10 bits per heavy atom. The number of anilines is 1. The number of pyridine rings is 1. The lowest BCUT2D eigenvalue weighted by Gasteiger charge is -2.32. The van der Waals surface area contributed by atoms with Gasteiger partial charge in [0.1, 0.15) is 6.07 Å². The first-order valence-corrected chi connectivity index (χ1v) is 7.58. The number of nitriles is 1. The van der Waals surface area contributed by atoms with Gasteiger partial charge >= 0.3 is 0 Å². The maximum Gasteiger partial charge on any atom is 0.103 e. The van der Waals surface area contributed by atoms with E-state index in [-0.39, 0.29) is 0 Å². The molecule has 0 spiro atoms. The largest absolute Gasteiger partial charge is 0.381 e. The van der Waals surface area contributed by atoms with E-state index in [4.69, 9.17) is 0 Å². The van der Waals surface area contributed by atoms with Gasteiger partial charge < -0.3 is 10.2 Å². The molecule has 0 bridgehead atoms. The van der Waals surface area contributed by atoms with Crippen LogP contribution in [-0.4, -0.2) is 35.6 Å². The number of nitrogens with zero attached hydrogens (tertiary/aromatic N) is 3. The number of hydrogen-bond donors (Lipinski definition) is 1. The Morgan fingerprint density at radius 1 is 1.33 bits per heavy atom. The van der Waals surface area contributed by atoms with Crippen LogP contribution in [0.25, 0.3) is 10.9 Å². The smallest absolute Gasteiger partial charge is 0.103 e. The minimum Gasteiger partial charge on any atom is -0.381 e. The van der Waals surface area contributed by atoms with E-state index in [2.05, 4.69) is 28.2 Å². The summed E-state index contributed by atoms with van der Waals surface area (Å²) in [4.78, 5) is 6.83. The van der Waals surface area contributed by atoms with Gasteiger partial charge in [0.05, 0.1) is 16.8 Å². The molecule has 2 aromatic rings. The molecule has 1 aliphatic rings. The molecule has 1 saturated heterocycles. The zero-order valence-electron chi connectivity index (χ0n) is 12.3. The highest BCUT2D eigenvalue weighted by Crippen LogP contribution is 2.27. The number of para-hydroxylation sites is 1. The van der Waals surface area contributed by atoms with E-state index in [0.717, 1.165) is 49.1 Å². The van der Waals surface area contributed by atoms with Gasteiger partial charge in [0.2, 0.25) is 0 Å². The molecule has 1 fully saturated rings. The first-order chi connectivity index (χ1) is 10.3. The summed E-state index contributed by atoms with van der Waals surface area (Å²) in [6.07, 6.45) is 3.91. The summed E-state index contributed by atoms with van der Waals surface area (Å²) < 4.78 is 0. The Kier molecular flexibility index (Phi) is 4.03. The number of fused-ring (bicyclic) bond motifs is 1. The van der Waals surface area contributed by atoms with Gasteiger partial charge in [0, 0.05) is 30.7 Å². The van der Waals surface area contributed by atoms with E-state index >= 15 is 0 Å². The lowest BCUT2D eigenvalue weighted by molar-refractivity contribution is 0.229. The average molecular weight is 280 g/mol. The number of piperidine rings is 1. The van der Waals surface area contributed by atoms with Crippen molar-refractivity contribution in [1.29, 1.82) is 5.26 Å². The molecular weight excluding hydrogens is 260 g/mol. The Balaban J connectivity index is 1.88. The van der Waals surface area contributed by atoms with Crippen LogP contribution in [0.3, 0.4) is 0 Å². The summed E-state index contributed by atoms with van der Waals surface area (Å²) in [5.41, 5.74) is 2.51. The van der Waals surface area contributed by atoms with Crippen LogP contribution in [0.2, 0.25) is 0 Å². The van der Waals surface area contributed by atoms with E-state index in [0.29, 0.717) is 11.6 Å². The standard InChI is InChI=1S/C17H20N4/c1-2-21-9-7-14(8-10-21)20-17-13(11-18)12-19-16-6-4-3-5-15(16)17/h3-6,12,14H,2,7-10H2,1H3,(H,19,20). The molecule has 4 heteroatoms. The minimum absolute atomic E-state index is 0.436. The third-order valence-electron chi connectivity index (χ3n) is 4.28. The third kappa shape index (κ3) is 2.84. The van der Waals surface area contributed by atoms with Crippen molar-refractivity contribution in [2.24, 2.45) is 0 Å². The van der Waals surface area contributed by atoms with E-state index < -0.39 is 0 Å². The number of rotatable bonds is 3. The maximum atomic E-state index is 9.35. The highest BCUT2D eigenvalue weighted by Gasteiger charge is 2.19. The molecule has 21 heavy (non-hydrogen) atoms. The highest BCUT2D eigenvalue weighted by molar-refractivity contribution is 5.93. The van der Waals surface area contributed by atoms with Crippen LogP contribution >= 0.6 is 0 Å². The fourth-order valence-corrected chi connectivity index (χ4v) is 2.98. The van der Waals surface area contributed by atoms with Gasteiger partial charge in [-0.3, -0.25) is 4.98 Å². The highest BCUT2D eigenvalue weighted by atomic mass is 15.1. The molecule has 108 valence electrons. The summed E-state index contributed by atoms with van der Waals surface area (Å²) in [7, 11) is 0. The quantitative estimate of drug-likeness (QED) is 0.939. The molecule has 0 amide bonds. The Hall–Kier alpha value is -2.12. The normalized spacial score (nSPS) is 16.8. The number of aromatic nitrogens is 1. The van der Waals surface area contributed by atoms with Crippen molar-refractivity contribution in [2.45, 2.75) is 25.8 Å². The van der Waals surface area contributed by atoms with Crippen molar-refractivity contribution >= 4 is 16.6 Å². The molecule has 4 nitrogen and oxygen atoms in total. The fraction of sp³-hybridized carbons (Fsp3) is 0.412. The Labute approximate surface area is 125 Å². The van der Waals surface area contributed by atoms with Crippen LogP contribution in [0.1, 0.15) is 25.3 Å². The van der Waals surface area contributed by atoms with Gasteiger partial charge in [-0.25, -0.2) is 0 Å². The number of hydrogen-bond acceptors (Lipinski definition) is 4. The van der Waals surface area contributed by atoms with E-state index in [1.807, 2.05) is 24.3 Å². The SMILES string of the molecule is CCN1CCC(Nc2c(C#N)cnc3ccccc23)CC1. The molecule has 1 aromatic carbocycles. The predicted molar refractivity (Wildman–Crippen MR) is 85.2 cm³/mol. The lowest BCUT2D eigenvalue weighted by atomic mass is 10.0. The van der Waals surface area contributed by atoms with Gasteiger partial charge in [0.15, 0.2) is 0 Å². The zero-order valence-corrected chi connectivity index (χ0v) is 12.3. The van der Waals surface area contributed by atoms with Crippen molar-refractivity contribution in [1.82, 2.24) is 9.88 Å². The molecule has 0 saturated carbocycles. The summed E-state index contributed by atoms with van der Waals surface area (Å²) >= 11 is 0. The second kappa shape index (κ2) is 6.11. The van der Waals surface area contributed by atoms with Gasteiger partial charge in [0.25, 0.3) is 0 Å². The molecule has 0 atom stereocenters. The molecule has 1 aliphatic heterocycles. The molecular formula is C17H20N4. The first-order valence-electron chi connectivity index (χ1n) is 7.58. The maximum absolute atomic E-state index is 9.35. The number of benzene rings is 1. The van der Waals surface area contributed by atoms with E-state index in [9.17, 15) is 5.26 Å². The second-order valence-electron chi connectivity index (χ2n) is 5.53. The van der Waals surface area contributed by atoms with Crippen molar-refractivity contribution < 1.29 is 0 Å². The van der Waals surface area contributed by atoms with Gasteiger partial charge in [-0.1, -0.05) is 25.1 Å². The fourth-order valence-electron chi connectivity index (χ4n) is 2.98. The van der Waals surface area contributed by atoms with Gasteiger partial charge in [-0.15, -0.1) is 0 Å². The summed E-state index contributed by atoms with van der Waals surface area (Å²) in [6.45, 7) is 5.57. The van der Waals surface area contributed by atoms with Gasteiger partial charge in [-0.2, -0.15) is 5.26 Å². The van der Waals surface area contributed by atoms with Gasteiger partial charge in [-0.05, 0) is 25.5 Å². The average Bonchev–Trinajstić information content (AvgIpc) is 2.56. The Morgan fingerprint density at radius 3 is 2.81 bits per heavy atom. The lowest BCUT2D eigenvalue weighted by Crippen LogP contribution is -2.39. The van der Waals surface area contributed by atoms with Crippen LogP contribution < -0.4 is 5.32 Å². The van der Waals surface area contributed by atoms with Crippen LogP contribution in [0, 0.1) is 11.3 Å². The number of nitrogens with one attached hydrogen (secondary N) is 1. The van der Waals surface area contributed by atoms with E-state index in [1.54, 1.807) is 6.20 Å². The molecule has 1 N–H and O–H groups in total. The monoisotopic (exact) mass is 280 g/mol. The topological polar surface area (TPSA) is 52.0 Å². The zero-order chi connectivity index (χ0) is 14.7. The van der Waals surface area contributed by atoms with Crippen LogP contribution in [0.5, 0.6) is 0 Å². The predicted octanol–water partition coefficient (Wildman–Crippen LogP) is 3.00. The van der Waals surface area contributed by atoms with Crippen LogP contribution in [-0.2, 0) is 0 Å². The molecule has 1 aromatic heterocycles. The summed E-state index contributed by atoms with van der Waals surface area (Å²) in [6, 6.07) is 10.7. The van der Waals surface area contributed by atoms with Crippen molar-refractivity contribution in [2.75, 3.05) is 25.0 Å². The molecule has 0 aliphatic carbocycles. The van der Waals surface area contributed by atoms with Crippen LogP contribution in [0.15, 0.2) is 30.5 Å². The summed E-state index contributed by atoms with van der Waals surface area (Å²) in [5.74, 6) is 0. The number of likely N-dealkylation sites (tertiary alicyclic amines) is 1. The third-order valence-corrected chi connectivity index (χ3v) is 4.28. The molecule has 0 unspecified atom stereocenters. The molecule has 3 rings (SSSR count).